The first-order chi connectivity index (χ1) is 22.4. The van der Waals surface area contributed by atoms with Gasteiger partial charge in [0, 0.05) is 69.9 Å². The predicted molar refractivity (Wildman–Crippen MR) is 180 cm³/mol. The Morgan fingerprint density at radius 2 is 1.74 bits per heavy atom. The van der Waals surface area contributed by atoms with Crippen LogP contribution in [0.15, 0.2) is 46.9 Å². The molecule has 2 aromatic rings. The van der Waals surface area contributed by atoms with Gasteiger partial charge in [0.1, 0.15) is 24.3 Å². The molecule has 6 rings (SSSR count). The highest BCUT2D eigenvalue weighted by Gasteiger charge is 2.52. The molecule has 0 unspecified atom stereocenters. The third-order valence-electron chi connectivity index (χ3n) is 10.6. The first kappa shape index (κ1) is 32.8. The van der Waals surface area contributed by atoms with E-state index in [1.165, 1.54) is 38.5 Å². The number of rotatable bonds is 7. The number of aromatic hydroxyl groups is 1. The number of nitrogens with zero attached hydrogens (tertiary/aromatic N) is 4. The highest BCUT2D eigenvalue weighted by Crippen LogP contribution is 2.39. The lowest BCUT2D eigenvalue weighted by Crippen LogP contribution is -2.71. The Bertz CT molecular complexity index is 1390. The lowest BCUT2D eigenvalue weighted by Gasteiger charge is -2.57. The van der Waals surface area contributed by atoms with Gasteiger partial charge in [0.2, 0.25) is 0 Å². The van der Waals surface area contributed by atoms with Crippen molar-refractivity contribution in [2.45, 2.75) is 88.6 Å². The van der Waals surface area contributed by atoms with Crippen molar-refractivity contribution in [3.63, 3.8) is 0 Å². The predicted octanol–water partition coefficient (Wildman–Crippen LogP) is 5.97. The maximum absolute atomic E-state index is 14.0. The maximum Gasteiger partial charge on any atom is 0.411 e. The number of carbonyl (C=O) groups excluding carboxylic acids is 3. The molecule has 0 spiro atoms. The first-order valence-electron chi connectivity index (χ1n) is 16.9. The number of piperazine rings is 1. The number of para-hydroxylation sites is 1. The van der Waals surface area contributed by atoms with Crippen LogP contribution in [-0.2, 0) is 22.6 Å². The summed E-state index contributed by atoms with van der Waals surface area (Å²) >= 11 is 3.33. The molecule has 46 heavy (non-hydrogen) atoms. The molecule has 248 valence electrons. The van der Waals surface area contributed by atoms with Crippen molar-refractivity contribution in [2.75, 3.05) is 44.6 Å². The molecule has 1 aliphatic carbocycles. The fraction of sp³-hybridized carbons (Fsp3) is 0.571. The van der Waals surface area contributed by atoms with Crippen molar-refractivity contribution in [1.82, 2.24) is 19.6 Å². The van der Waals surface area contributed by atoms with Crippen LogP contribution in [0.2, 0.25) is 0 Å². The molecule has 0 bridgehead atoms. The summed E-state index contributed by atoms with van der Waals surface area (Å²) in [5.74, 6) is 0.116. The quantitative estimate of drug-likeness (QED) is 0.272. The van der Waals surface area contributed by atoms with E-state index in [4.69, 9.17) is 4.74 Å². The number of urea groups is 1. The van der Waals surface area contributed by atoms with Crippen molar-refractivity contribution in [2.24, 2.45) is 0 Å². The Hall–Kier alpha value is -3.15. The van der Waals surface area contributed by atoms with Crippen molar-refractivity contribution < 1.29 is 24.2 Å². The summed E-state index contributed by atoms with van der Waals surface area (Å²) in [7, 11) is 0. The smallest absolute Gasteiger partial charge is 0.411 e. The highest BCUT2D eigenvalue weighted by atomic mass is 79.9. The molecule has 3 heterocycles. The molecule has 1 saturated carbocycles. The molecule has 0 aromatic heterocycles. The van der Waals surface area contributed by atoms with Gasteiger partial charge in [0.25, 0.3) is 0 Å². The molecule has 3 aliphatic heterocycles. The number of aldehydes is 1. The summed E-state index contributed by atoms with van der Waals surface area (Å²) in [5.41, 5.74) is 1.78. The molecule has 3 amide bonds. The van der Waals surface area contributed by atoms with Gasteiger partial charge in [-0.15, -0.1) is 0 Å². The highest BCUT2D eigenvalue weighted by molar-refractivity contribution is 9.10. The van der Waals surface area contributed by atoms with Crippen LogP contribution in [0.1, 0.15) is 68.9 Å². The summed E-state index contributed by atoms with van der Waals surface area (Å²) in [6, 6.07) is 13.2. The van der Waals surface area contributed by atoms with Crippen LogP contribution in [0.5, 0.6) is 5.75 Å². The van der Waals surface area contributed by atoms with Gasteiger partial charge in [0.15, 0.2) is 0 Å². The largest absolute Gasteiger partial charge is 0.507 e. The standard InChI is InChI=1S/C35H46BrN5O5/c36-30-23-26(11-12-32(30)43)25-46-34(45)41-17-14-29(40-16-13-27-7-5-6-10-31(27)37-33(40)44)24-35(41,15-22-42)39-20-18-38(19-21-39)28-8-3-1-2-4-9-28/h5-7,10-12,22-23,28-29,43H,1-4,8-9,13-21,24-25H2,(H,37,44)/t29-,35+/m1/s1. The van der Waals surface area contributed by atoms with Gasteiger partial charge in [-0.2, -0.15) is 0 Å². The van der Waals surface area contributed by atoms with Gasteiger partial charge in [-0.1, -0.05) is 49.9 Å². The van der Waals surface area contributed by atoms with Crippen LogP contribution in [-0.4, -0.2) is 100 Å². The van der Waals surface area contributed by atoms with Crippen LogP contribution >= 0.6 is 15.9 Å². The fourth-order valence-electron chi connectivity index (χ4n) is 8.09. The molecule has 2 aromatic carbocycles. The van der Waals surface area contributed by atoms with Crippen LogP contribution < -0.4 is 5.32 Å². The first-order valence-corrected chi connectivity index (χ1v) is 17.7. The molecule has 2 atom stereocenters. The zero-order valence-corrected chi connectivity index (χ0v) is 28.1. The molecule has 2 N–H and O–H groups in total. The van der Waals surface area contributed by atoms with E-state index in [9.17, 15) is 19.5 Å². The van der Waals surface area contributed by atoms with Crippen LogP contribution in [0.25, 0.3) is 0 Å². The molecular weight excluding hydrogens is 650 g/mol. The monoisotopic (exact) mass is 695 g/mol. The van der Waals surface area contributed by atoms with Crippen molar-refractivity contribution >= 4 is 40.0 Å². The molecule has 11 heteroatoms. The summed E-state index contributed by atoms with van der Waals surface area (Å²) < 4.78 is 6.42. The maximum atomic E-state index is 14.0. The lowest BCUT2D eigenvalue weighted by atomic mass is 9.85. The number of likely N-dealkylation sites (tertiary alicyclic amines) is 1. The van der Waals surface area contributed by atoms with E-state index in [2.05, 4.69) is 37.1 Å². The van der Waals surface area contributed by atoms with E-state index in [1.807, 2.05) is 23.1 Å². The average molecular weight is 697 g/mol. The van der Waals surface area contributed by atoms with E-state index in [-0.39, 0.29) is 30.9 Å². The number of anilines is 1. The molecule has 4 aliphatic rings. The minimum Gasteiger partial charge on any atom is -0.507 e. The zero-order valence-electron chi connectivity index (χ0n) is 26.5. The van der Waals surface area contributed by atoms with Crippen molar-refractivity contribution in [3.8, 4) is 5.75 Å². The number of hydrogen-bond acceptors (Lipinski definition) is 7. The Morgan fingerprint density at radius 3 is 2.48 bits per heavy atom. The number of phenols is 1. The minimum atomic E-state index is -0.910. The topological polar surface area (TPSA) is 106 Å². The molecule has 10 nitrogen and oxygen atoms in total. The summed E-state index contributed by atoms with van der Waals surface area (Å²) in [6.07, 6.45) is 10.1. The number of carbonyl (C=O) groups is 3. The third-order valence-corrected chi connectivity index (χ3v) is 11.2. The average Bonchev–Trinajstić information content (AvgIpc) is 3.44. The number of hydrogen-bond donors (Lipinski definition) is 2. The number of phenolic OH excluding ortho intramolecular Hbond substituents is 1. The second-order valence-corrected chi connectivity index (χ2v) is 14.0. The van der Waals surface area contributed by atoms with E-state index < -0.39 is 11.8 Å². The van der Waals surface area contributed by atoms with E-state index in [0.717, 1.165) is 55.7 Å². The molecule has 3 fully saturated rings. The van der Waals surface area contributed by atoms with E-state index in [1.54, 1.807) is 23.1 Å². The number of nitrogens with one attached hydrogen (secondary N) is 1. The van der Waals surface area contributed by atoms with Crippen molar-refractivity contribution in [3.05, 3.63) is 58.1 Å². The normalized spacial score (nSPS) is 25.2. The minimum absolute atomic E-state index is 0.0387. The number of fused-ring (bicyclic) bond motifs is 1. The molecule has 0 radical (unpaired) electrons. The Kier molecular flexibility index (Phi) is 10.5. The third kappa shape index (κ3) is 7.06. The van der Waals surface area contributed by atoms with Crippen LogP contribution in [0.3, 0.4) is 0 Å². The van der Waals surface area contributed by atoms with E-state index in [0.29, 0.717) is 36.4 Å². The molecular formula is C35H46BrN5O5. The van der Waals surface area contributed by atoms with Gasteiger partial charge >= 0.3 is 12.1 Å². The number of halogens is 1. The van der Waals surface area contributed by atoms with Crippen molar-refractivity contribution in [1.29, 1.82) is 0 Å². The van der Waals surface area contributed by atoms with Gasteiger partial charge in [-0.3, -0.25) is 14.7 Å². The number of piperidine rings is 1. The van der Waals surface area contributed by atoms with Gasteiger partial charge in [0.05, 0.1) is 4.47 Å². The Labute approximate surface area is 280 Å². The fourth-order valence-corrected chi connectivity index (χ4v) is 8.51. The lowest BCUT2D eigenvalue weighted by molar-refractivity contribution is -0.130. The summed E-state index contributed by atoms with van der Waals surface area (Å²) in [4.78, 5) is 48.7. The van der Waals surface area contributed by atoms with Gasteiger partial charge in [-0.25, -0.2) is 9.59 Å². The van der Waals surface area contributed by atoms with E-state index >= 15 is 0 Å². The van der Waals surface area contributed by atoms with Gasteiger partial charge in [-0.05, 0) is 70.9 Å². The zero-order chi connectivity index (χ0) is 32.1. The number of amides is 3. The Balaban J connectivity index is 1.24. The number of benzene rings is 2. The second kappa shape index (κ2) is 14.7. The van der Waals surface area contributed by atoms with Gasteiger partial charge < -0.3 is 24.9 Å². The Morgan fingerprint density at radius 1 is 0.978 bits per heavy atom. The van der Waals surface area contributed by atoms with Crippen LogP contribution in [0, 0.1) is 0 Å². The molecule has 2 saturated heterocycles. The van der Waals surface area contributed by atoms with Crippen LogP contribution in [0.4, 0.5) is 15.3 Å². The second-order valence-electron chi connectivity index (χ2n) is 13.2. The summed E-state index contributed by atoms with van der Waals surface area (Å²) in [6.45, 7) is 4.24. The summed E-state index contributed by atoms with van der Waals surface area (Å²) in [5, 5.41) is 13.0. The number of ether oxygens (including phenoxy) is 1. The SMILES string of the molecule is O=CC[C@@]1(N2CCN(C3CCCCCC3)CC2)C[C@H](N2CCc3ccccc3NC2=O)CCN1C(=O)OCc1ccc(O)c(Br)c1.